The van der Waals surface area contributed by atoms with Gasteiger partial charge in [-0.15, -0.1) is 0 Å². The predicted octanol–water partition coefficient (Wildman–Crippen LogP) is 2.27. The first-order chi connectivity index (χ1) is 12.8. The van der Waals surface area contributed by atoms with Crippen LogP contribution in [0.3, 0.4) is 0 Å². The summed E-state index contributed by atoms with van der Waals surface area (Å²) in [5, 5.41) is -1.14. The molecule has 1 aromatic carbocycles. The van der Waals surface area contributed by atoms with Crippen LogP contribution in [0, 0.1) is 11.6 Å². The smallest absolute Gasteiger partial charge is 0.335 e. The first-order valence-electron chi connectivity index (χ1n) is 8.59. The molecule has 0 radical (unpaired) electrons. The van der Waals surface area contributed by atoms with E-state index in [0.717, 1.165) is 12.1 Å². The molecule has 0 saturated carbocycles. The monoisotopic (exact) mass is 402 g/mol. The fourth-order valence-electron chi connectivity index (χ4n) is 3.33. The molecule has 27 heavy (non-hydrogen) atoms. The van der Waals surface area contributed by atoms with Crippen molar-refractivity contribution in [1.82, 2.24) is 0 Å². The molecule has 1 atom stereocenters. The van der Waals surface area contributed by atoms with Gasteiger partial charge in [-0.1, -0.05) is 6.07 Å². The van der Waals surface area contributed by atoms with Crippen molar-refractivity contribution < 1.29 is 36.2 Å². The van der Waals surface area contributed by atoms with Gasteiger partial charge in [0.25, 0.3) is 0 Å². The topological polar surface area (TPSA) is 78.9 Å². The van der Waals surface area contributed by atoms with Crippen molar-refractivity contribution in [2.45, 2.75) is 36.6 Å². The molecule has 3 rings (SSSR count). The largest absolute Gasteiger partial charge is 0.463 e. The Balaban J connectivity index is 1.92. The number of sulfone groups is 1. The van der Waals surface area contributed by atoms with E-state index in [1.807, 2.05) is 0 Å². The average Bonchev–Trinajstić information content (AvgIpc) is 3.05. The third kappa shape index (κ3) is 4.20. The SMILES string of the molecule is CCOC(=O)C1=CC2(CCC1S(=O)(=O)Cc1ccc(F)c(F)c1)OCCO2. The number of carbonyl (C=O) groups is 1. The average molecular weight is 402 g/mol. The standard InChI is InChI=1S/C18H20F2O6S/c1-2-24-17(21)13-10-18(25-7-8-26-18)6-5-16(13)27(22,23)11-12-3-4-14(19)15(20)9-12/h3-4,9-10,16H,2,5-8,11H2,1H3. The molecule has 1 aromatic rings. The fraction of sp³-hybridized carbons (Fsp3) is 0.500. The van der Waals surface area contributed by atoms with Gasteiger partial charge in [0.05, 0.1) is 36.4 Å². The predicted molar refractivity (Wildman–Crippen MR) is 91.4 cm³/mol. The minimum absolute atomic E-state index is 0.0485. The van der Waals surface area contributed by atoms with Crippen LogP contribution < -0.4 is 0 Å². The molecule has 148 valence electrons. The molecular formula is C18H20F2O6S. The summed E-state index contributed by atoms with van der Waals surface area (Å²) in [6, 6.07) is 2.92. The highest BCUT2D eigenvalue weighted by Gasteiger charge is 2.45. The summed E-state index contributed by atoms with van der Waals surface area (Å²) in [5.41, 5.74) is 0.0540. The van der Waals surface area contributed by atoms with E-state index in [1.165, 1.54) is 12.1 Å². The number of esters is 1. The molecule has 6 nitrogen and oxygen atoms in total. The molecule has 1 aliphatic heterocycles. The van der Waals surface area contributed by atoms with Gasteiger partial charge in [-0.3, -0.25) is 0 Å². The van der Waals surface area contributed by atoms with Crippen molar-refractivity contribution in [2.24, 2.45) is 0 Å². The van der Waals surface area contributed by atoms with Crippen LogP contribution >= 0.6 is 0 Å². The van der Waals surface area contributed by atoms with Crippen LogP contribution in [0.5, 0.6) is 0 Å². The molecule has 0 bridgehead atoms. The Bertz CT molecular complexity index is 859. The fourth-order valence-corrected chi connectivity index (χ4v) is 5.20. The number of hydrogen-bond donors (Lipinski definition) is 0. The zero-order valence-electron chi connectivity index (χ0n) is 14.7. The molecule has 1 unspecified atom stereocenters. The van der Waals surface area contributed by atoms with Gasteiger partial charge in [-0.05, 0) is 37.1 Å². The molecule has 1 fully saturated rings. The summed E-state index contributed by atoms with van der Waals surface area (Å²) in [5.74, 6) is -4.58. The zero-order chi connectivity index (χ0) is 19.7. The Morgan fingerprint density at radius 3 is 2.59 bits per heavy atom. The molecule has 1 aliphatic carbocycles. The van der Waals surface area contributed by atoms with E-state index in [0.29, 0.717) is 13.2 Å². The molecule has 1 heterocycles. The van der Waals surface area contributed by atoms with Gasteiger partial charge in [0.15, 0.2) is 27.3 Å². The lowest BCUT2D eigenvalue weighted by Crippen LogP contribution is -2.40. The molecular weight excluding hydrogens is 382 g/mol. The first kappa shape index (κ1) is 19.9. The molecule has 0 amide bonds. The summed E-state index contributed by atoms with van der Waals surface area (Å²) in [4.78, 5) is 12.4. The zero-order valence-corrected chi connectivity index (χ0v) is 15.6. The van der Waals surface area contributed by atoms with Gasteiger partial charge in [0.1, 0.15) is 0 Å². The molecule has 0 N–H and O–H groups in total. The van der Waals surface area contributed by atoms with E-state index in [9.17, 15) is 22.0 Å². The lowest BCUT2D eigenvalue weighted by molar-refractivity contribution is -0.143. The summed E-state index contributed by atoms with van der Waals surface area (Å²) in [6.07, 6.45) is 1.74. The number of hydrogen-bond acceptors (Lipinski definition) is 6. The van der Waals surface area contributed by atoms with Crippen molar-refractivity contribution in [3.63, 3.8) is 0 Å². The number of halogens is 2. The Kier molecular flexibility index (Phi) is 5.64. The Morgan fingerprint density at radius 1 is 1.26 bits per heavy atom. The second kappa shape index (κ2) is 7.65. The lowest BCUT2D eigenvalue weighted by atomic mass is 9.94. The minimum atomic E-state index is -3.89. The van der Waals surface area contributed by atoms with Crippen LogP contribution in [0.4, 0.5) is 8.78 Å². The molecule has 2 aliphatic rings. The summed E-state index contributed by atoms with van der Waals surface area (Å²) < 4.78 is 68.5. The summed E-state index contributed by atoms with van der Waals surface area (Å²) >= 11 is 0. The number of rotatable bonds is 5. The van der Waals surface area contributed by atoms with Crippen LogP contribution in [-0.2, 0) is 34.6 Å². The van der Waals surface area contributed by atoms with Gasteiger partial charge >= 0.3 is 5.97 Å². The number of benzene rings is 1. The lowest BCUT2D eigenvalue weighted by Gasteiger charge is -2.33. The molecule has 9 heteroatoms. The van der Waals surface area contributed by atoms with Gasteiger partial charge in [0.2, 0.25) is 0 Å². The highest BCUT2D eigenvalue weighted by Crippen LogP contribution is 2.38. The molecule has 1 spiro atoms. The van der Waals surface area contributed by atoms with Crippen molar-refractivity contribution in [3.05, 3.63) is 47.0 Å². The second-order valence-corrected chi connectivity index (χ2v) is 8.60. The minimum Gasteiger partial charge on any atom is -0.463 e. The maximum Gasteiger partial charge on any atom is 0.335 e. The van der Waals surface area contributed by atoms with Gasteiger partial charge in [-0.25, -0.2) is 22.0 Å². The number of carbonyl (C=O) groups excluding carboxylic acids is 1. The van der Waals surface area contributed by atoms with Gasteiger partial charge in [-0.2, -0.15) is 0 Å². The van der Waals surface area contributed by atoms with Crippen molar-refractivity contribution >= 4 is 15.8 Å². The molecule has 1 saturated heterocycles. The van der Waals surface area contributed by atoms with E-state index < -0.39 is 44.2 Å². The van der Waals surface area contributed by atoms with E-state index in [1.54, 1.807) is 6.92 Å². The quantitative estimate of drug-likeness (QED) is 0.703. The van der Waals surface area contributed by atoms with Crippen molar-refractivity contribution in [3.8, 4) is 0 Å². The van der Waals surface area contributed by atoms with E-state index in [-0.39, 0.29) is 30.6 Å². The maximum absolute atomic E-state index is 13.4. The molecule has 0 aromatic heterocycles. The van der Waals surface area contributed by atoms with Gasteiger partial charge in [0, 0.05) is 6.42 Å². The van der Waals surface area contributed by atoms with Crippen molar-refractivity contribution in [1.29, 1.82) is 0 Å². The second-order valence-electron chi connectivity index (χ2n) is 6.41. The van der Waals surface area contributed by atoms with Gasteiger partial charge < -0.3 is 14.2 Å². The summed E-state index contributed by atoms with van der Waals surface area (Å²) in [6.45, 7) is 2.39. The third-order valence-corrected chi connectivity index (χ3v) is 6.64. The van der Waals surface area contributed by atoms with E-state index in [2.05, 4.69) is 0 Å². The Labute approximate surface area is 156 Å². The normalized spacial score (nSPS) is 21.9. The van der Waals surface area contributed by atoms with Crippen LogP contribution in [0.1, 0.15) is 25.3 Å². The summed E-state index contributed by atoms with van der Waals surface area (Å²) in [7, 11) is -3.89. The first-order valence-corrected chi connectivity index (χ1v) is 10.3. The van der Waals surface area contributed by atoms with Crippen molar-refractivity contribution in [2.75, 3.05) is 19.8 Å². The van der Waals surface area contributed by atoms with Crippen LogP contribution in [0.15, 0.2) is 29.8 Å². The van der Waals surface area contributed by atoms with E-state index in [4.69, 9.17) is 14.2 Å². The van der Waals surface area contributed by atoms with Crippen LogP contribution in [-0.4, -0.2) is 45.2 Å². The highest BCUT2D eigenvalue weighted by atomic mass is 32.2. The maximum atomic E-state index is 13.4. The third-order valence-electron chi connectivity index (χ3n) is 4.55. The van der Waals surface area contributed by atoms with Crippen LogP contribution in [0.2, 0.25) is 0 Å². The number of ether oxygens (including phenoxy) is 3. The highest BCUT2D eigenvalue weighted by molar-refractivity contribution is 7.91. The Morgan fingerprint density at radius 2 is 1.96 bits per heavy atom. The Hall–Kier alpha value is -1.84. The van der Waals surface area contributed by atoms with Crippen LogP contribution in [0.25, 0.3) is 0 Å². The van der Waals surface area contributed by atoms with E-state index >= 15 is 0 Å².